The summed E-state index contributed by atoms with van der Waals surface area (Å²) in [6, 6.07) is 19.2. The molecule has 0 radical (unpaired) electrons. The van der Waals surface area contributed by atoms with Crippen LogP contribution in [0.3, 0.4) is 0 Å². The van der Waals surface area contributed by atoms with Crippen LogP contribution in [0.25, 0.3) is 5.70 Å². The zero-order valence-electron chi connectivity index (χ0n) is 18.9. The van der Waals surface area contributed by atoms with Crippen LogP contribution in [0.15, 0.2) is 72.3 Å². The van der Waals surface area contributed by atoms with E-state index in [0.29, 0.717) is 33.5 Å². The minimum absolute atomic E-state index is 0.0370. The minimum atomic E-state index is -1.85. The van der Waals surface area contributed by atoms with Crippen molar-refractivity contribution in [2.45, 2.75) is 31.5 Å². The molecular formula is C28H24N2O4. The second kappa shape index (κ2) is 7.05. The van der Waals surface area contributed by atoms with Gasteiger partial charge in [0.1, 0.15) is 5.75 Å². The zero-order chi connectivity index (χ0) is 23.8. The van der Waals surface area contributed by atoms with Crippen LogP contribution < -0.4 is 5.32 Å². The molecule has 2 aliphatic heterocycles. The summed E-state index contributed by atoms with van der Waals surface area (Å²) >= 11 is 0. The van der Waals surface area contributed by atoms with Crippen molar-refractivity contribution in [1.82, 2.24) is 10.2 Å². The fraction of sp³-hybridized carbons (Fsp3) is 0.214. The molecule has 0 bridgehead atoms. The van der Waals surface area contributed by atoms with Crippen LogP contribution in [0.2, 0.25) is 0 Å². The van der Waals surface area contributed by atoms with Crippen molar-refractivity contribution in [1.29, 1.82) is 0 Å². The number of carbonyl (C=O) groups excluding carboxylic acids is 2. The topological polar surface area (TPSA) is 89.9 Å². The largest absolute Gasteiger partial charge is 0.508 e. The Morgan fingerprint density at radius 2 is 1.65 bits per heavy atom. The molecule has 0 spiro atoms. The average Bonchev–Trinajstić information content (AvgIpc) is 3.20. The predicted octanol–water partition coefficient (Wildman–Crippen LogP) is 3.68. The predicted molar refractivity (Wildman–Crippen MR) is 127 cm³/mol. The summed E-state index contributed by atoms with van der Waals surface area (Å²) in [6.45, 7) is 4.04. The van der Waals surface area contributed by atoms with Crippen molar-refractivity contribution in [3.05, 3.63) is 106 Å². The van der Waals surface area contributed by atoms with E-state index < -0.39 is 11.6 Å². The van der Waals surface area contributed by atoms with Crippen LogP contribution in [-0.2, 0) is 5.72 Å². The van der Waals surface area contributed by atoms with E-state index in [1.807, 2.05) is 32.0 Å². The summed E-state index contributed by atoms with van der Waals surface area (Å²) in [5, 5.41) is 27.1. The normalized spacial score (nSPS) is 25.2. The molecule has 3 N–H and O–H groups in total. The molecule has 6 rings (SSSR count). The van der Waals surface area contributed by atoms with Gasteiger partial charge in [-0.25, -0.2) is 0 Å². The number of aryl methyl sites for hydroxylation is 1. The van der Waals surface area contributed by atoms with E-state index in [9.17, 15) is 19.8 Å². The molecule has 0 saturated heterocycles. The van der Waals surface area contributed by atoms with Crippen LogP contribution in [0.5, 0.6) is 5.75 Å². The lowest BCUT2D eigenvalue weighted by Crippen LogP contribution is -2.54. The first-order chi connectivity index (χ1) is 16.3. The smallest absolute Gasteiger partial charge is 0.256 e. The van der Waals surface area contributed by atoms with Crippen molar-refractivity contribution in [2.24, 2.45) is 0 Å². The number of benzene rings is 3. The number of ketones is 1. The van der Waals surface area contributed by atoms with Crippen molar-refractivity contribution in [3.63, 3.8) is 0 Å². The van der Waals surface area contributed by atoms with Gasteiger partial charge >= 0.3 is 0 Å². The van der Waals surface area contributed by atoms with E-state index in [-0.39, 0.29) is 30.0 Å². The number of hydrogen-bond donors (Lipinski definition) is 3. The summed E-state index contributed by atoms with van der Waals surface area (Å²) in [5.74, 6) is -1.56. The Hall–Kier alpha value is -3.90. The van der Waals surface area contributed by atoms with E-state index >= 15 is 0 Å². The van der Waals surface area contributed by atoms with Gasteiger partial charge in [-0.2, -0.15) is 0 Å². The molecule has 1 aliphatic carbocycles. The highest BCUT2D eigenvalue weighted by molar-refractivity contribution is 6.21. The molecule has 0 fully saturated rings. The third kappa shape index (κ3) is 2.60. The number of phenols is 1. The highest BCUT2D eigenvalue weighted by atomic mass is 16.3. The number of phenolic OH excluding ortho intramolecular Hbond substituents is 1. The third-order valence-corrected chi connectivity index (χ3v) is 7.20. The fourth-order valence-corrected chi connectivity index (χ4v) is 5.75. The monoisotopic (exact) mass is 452 g/mol. The number of hydrogen-bond acceptors (Lipinski definition) is 5. The summed E-state index contributed by atoms with van der Waals surface area (Å²) in [5.41, 5.74) is 2.57. The summed E-state index contributed by atoms with van der Waals surface area (Å²) in [4.78, 5) is 28.9. The standard InChI is InChI=1S/C28H24N2O4/c1-15-11-12-22(31)20(13-15)24-23-25(17-7-3-4-8-18(17)26(23)32)29-16(2)14-30-27(33)19-9-5-6-10-21(19)28(24,30)34/h3-13,16,24,29,31,34H,14H2,1-2H3. The molecule has 34 heavy (non-hydrogen) atoms. The maximum atomic E-state index is 13.9. The Kier molecular flexibility index (Phi) is 4.29. The lowest BCUT2D eigenvalue weighted by molar-refractivity contribution is -0.100. The second-order valence-corrected chi connectivity index (χ2v) is 9.39. The Balaban J connectivity index is 1.73. The maximum Gasteiger partial charge on any atom is 0.256 e. The van der Waals surface area contributed by atoms with Gasteiger partial charge < -0.3 is 20.4 Å². The van der Waals surface area contributed by atoms with Gasteiger partial charge in [0, 0.05) is 46.0 Å². The molecule has 0 saturated carbocycles. The molecule has 3 unspecified atom stereocenters. The van der Waals surface area contributed by atoms with Crippen LogP contribution in [-0.4, -0.2) is 39.4 Å². The third-order valence-electron chi connectivity index (χ3n) is 7.20. The van der Waals surface area contributed by atoms with Crippen molar-refractivity contribution in [2.75, 3.05) is 6.54 Å². The quantitative estimate of drug-likeness (QED) is 0.524. The number of rotatable bonds is 1. The maximum absolute atomic E-state index is 13.9. The van der Waals surface area contributed by atoms with Gasteiger partial charge in [-0.15, -0.1) is 0 Å². The highest BCUT2D eigenvalue weighted by Crippen LogP contribution is 2.55. The Bertz CT molecular complexity index is 1430. The summed E-state index contributed by atoms with van der Waals surface area (Å²) in [6.07, 6.45) is 0. The first kappa shape index (κ1) is 20.7. The van der Waals surface area contributed by atoms with E-state index in [2.05, 4.69) is 5.32 Å². The van der Waals surface area contributed by atoms with Gasteiger partial charge in [0.25, 0.3) is 5.91 Å². The van der Waals surface area contributed by atoms with Crippen molar-refractivity contribution >= 4 is 17.4 Å². The number of amides is 1. The second-order valence-electron chi connectivity index (χ2n) is 9.39. The van der Waals surface area contributed by atoms with Crippen LogP contribution >= 0.6 is 0 Å². The number of nitrogens with zero attached hydrogens (tertiary/aromatic N) is 1. The SMILES string of the molecule is Cc1ccc(O)c(C2C3=C(NC(C)CN4C(=O)c5ccccc5C24O)c2ccccc2C3=O)c1. The number of fused-ring (bicyclic) bond motifs is 5. The van der Waals surface area contributed by atoms with Crippen molar-refractivity contribution in [3.8, 4) is 5.75 Å². The molecule has 6 heteroatoms. The molecule has 3 aromatic carbocycles. The first-order valence-electron chi connectivity index (χ1n) is 11.4. The number of nitrogens with one attached hydrogen (secondary N) is 1. The molecule has 2 heterocycles. The van der Waals surface area contributed by atoms with Gasteiger partial charge in [-0.3, -0.25) is 9.59 Å². The number of aromatic hydroxyl groups is 1. The molecule has 6 nitrogen and oxygen atoms in total. The summed E-state index contributed by atoms with van der Waals surface area (Å²) < 4.78 is 0. The molecule has 1 amide bonds. The molecule has 3 aliphatic rings. The van der Waals surface area contributed by atoms with E-state index in [4.69, 9.17) is 0 Å². The molecule has 3 aromatic rings. The lowest BCUT2D eigenvalue weighted by atomic mass is 9.75. The van der Waals surface area contributed by atoms with E-state index in [1.54, 1.807) is 48.5 Å². The van der Waals surface area contributed by atoms with Gasteiger partial charge in [0.15, 0.2) is 11.5 Å². The summed E-state index contributed by atoms with van der Waals surface area (Å²) in [7, 11) is 0. The Morgan fingerprint density at radius 3 is 2.41 bits per heavy atom. The van der Waals surface area contributed by atoms with Crippen LogP contribution in [0.4, 0.5) is 0 Å². The number of Topliss-reactive ketones (excluding diaryl/α,β-unsaturated/α-hetero) is 1. The lowest BCUT2D eigenvalue weighted by Gasteiger charge is -2.44. The van der Waals surface area contributed by atoms with Crippen LogP contribution in [0, 0.1) is 6.92 Å². The number of carbonyl (C=O) groups is 2. The van der Waals surface area contributed by atoms with Crippen molar-refractivity contribution < 1.29 is 19.8 Å². The van der Waals surface area contributed by atoms with Crippen LogP contribution in [0.1, 0.15) is 55.8 Å². The van der Waals surface area contributed by atoms with Gasteiger partial charge in [-0.05, 0) is 26.0 Å². The Labute approximate surface area is 197 Å². The van der Waals surface area contributed by atoms with Gasteiger partial charge in [0.05, 0.1) is 11.6 Å². The Morgan fingerprint density at radius 1 is 0.971 bits per heavy atom. The first-order valence-corrected chi connectivity index (χ1v) is 11.4. The molecule has 3 atom stereocenters. The van der Waals surface area contributed by atoms with E-state index in [1.165, 1.54) is 4.90 Å². The molecular weight excluding hydrogens is 428 g/mol. The number of aliphatic hydroxyl groups is 1. The zero-order valence-corrected chi connectivity index (χ0v) is 18.9. The van der Waals surface area contributed by atoms with Gasteiger partial charge in [0.2, 0.25) is 0 Å². The fourth-order valence-electron chi connectivity index (χ4n) is 5.75. The van der Waals surface area contributed by atoms with E-state index in [0.717, 1.165) is 11.1 Å². The average molecular weight is 453 g/mol. The molecule has 0 aromatic heterocycles. The molecule has 170 valence electrons. The van der Waals surface area contributed by atoms with Gasteiger partial charge in [-0.1, -0.05) is 60.2 Å². The minimum Gasteiger partial charge on any atom is -0.508 e. The highest BCUT2D eigenvalue weighted by Gasteiger charge is 2.58.